The number of thioether (sulfide) groups is 1. The van der Waals surface area contributed by atoms with E-state index in [-0.39, 0.29) is 10.7 Å². The van der Waals surface area contributed by atoms with Gasteiger partial charge >= 0.3 is 0 Å². The first kappa shape index (κ1) is 37.3. The molecule has 1 aromatic heterocycles. The molecule has 1 heterocycles. The minimum Gasteiger partial charge on any atom is -0.228 e. The van der Waals surface area contributed by atoms with Crippen molar-refractivity contribution >= 4 is 44.2 Å². The zero-order valence-corrected chi connectivity index (χ0v) is 34.6. The topological polar surface area (TPSA) is 25.8 Å². The number of aromatic nitrogens is 2. The van der Waals surface area contributed by atoms with Crippen molar-refractivity contribution in [1.29, 1.82) is 0 Å². The van der Waals surface area contributed by atoms with Gasteiger partial charge in [-0.3, -0.25) is 0 Å². The van der Waals surface area contributed by atoms with Gasteiger partial charge in [-0.1, -0.05) is 185 Å². The quantitative estimate of drug-likeness (QED) is 0.114. The van der Waals surface area contributed by atoms with Crippen molar-refractivity contribution in [2.45, 2.75) is 44.8 Å². The van der Waals surface area contributed by atoms with Crippen LogP contribution in [-0.4, -0.2) is 15.2 Å². The normalized spacial score (nSPS) is 12.3. The Kier molecular flexibility index (Phi) is 9.79. The second kappa shape index (κ2) is 15.2. The van der Waals surface area contributed by atoms with Gasteiger partial charge in [0.2, 0.25) is 0 Å². The fraction of sp³-hybridized carbons (Fsp3) is 0.127. The molecule has 2 nitrogen and oxygen atoms in total. The highest BCUT2D eigenvalue weighted by Gasteiger charge is 2.28. The molecule has 0 aliphatic carbocycles. The van der Waals surface area contributed by atoms with Gasteiger partial charge in [-0.25, -0.2) is 9.97 Å². The summed E-state index contributed by atoms with van der Waals surface area (Å²) in [6.07, 6.45) is 0. The predicted octanol–water partition coefficient (Wildman–Crippen LogP) is 15.7. The molecule has 0 radical (unpaired) electrons. The minimum atomic E-state index is 0.0764. The highest BCUT2D eigenvalue weighted by molar-refractivity contribution is 8.00. The summed E-state index contributed by atoms with van der Waals surface area (Å²) in [4.78, 5) is 11.4. The Morgan fingerprint density at radius 3 is 1.86 bits per heavy atom. The maximum atomic E-state index is 5.15. The number of hydrogen-bond acceptors (Lipinski definition) is 3. The van der Waals surface area contributed by atoms with Crippen molar-refractivity contribution in [2.75, 3.05) is 0 Å². The molecular formula is C55H46N2S. The second-order valence-corrected chi connectivity index (χ2v) is 17.6. The smallest absolute Gasteiger partial charge is 0.160 e. The standard InChI is InChI=1S/C55H46N2S/c1-35(2)53(55(4,5)6)58-49-34-42-20-11-13-24-45(42)50(36(49)3)43-22-16-21-41(33-43)46-32-31-37-17-10-12-23-44(37)51(46)38-27-29-39(30-28-38)52-47-25-14-15-26-48(47)56-54(57-52)40-18-8-7-9-19-40/h7-34,53H,1H2,2-6H3. The minimum absolute atomic E-state index is 0.0764. The highest BCUT2D eigenvalue weighted by atomic mass is 32.2. The summed E-state index contributed by atoms with van der Waals surface area (Å²) in [5, 5.41) is 6.29. The molecule has 0 N–H and O–H groups in total. The number of hydrogen-bond donors (Lipinski definition) is 0. The molecule has 0 spiro atoms. The lowest BCUT2D eigenvalue weighted by atomic mass is 9.87. The van der Waals surface area contributed by atoms with Crippen molar-refractivity contribution in [1.82, 2.24) is 9.97 Å². The fourth-order valence-corrected chi connectivity index (χ4v) is 9.82. The Morgan fingerprint density at radius 1 is 0.534 bits per heavy atom. The van der Waals surface area contributed by atoms with E-state index in [0.717, 1.165) is 39.1 Å². The monoisotopic (exact) mass is 766 g/mol. The van der Waals surface area contributed by atoms with E-state index >= 15 is 0 Å². The van der Waals surface area contributed by atoms with Crippen LogP contribution in [0.3, 0.4) is 0 Å². The number of rotatable bonds is 8. The molecule has 1 atom stereocenters. The van der Waals surface area contributed by atoms with Crippen LogP contribution in [0.2, 0.25) is 0 Å². The molecule has 0 aliphatic rings. The van der Waals surface area contributed by atoms with Crippen LogP contribution in [0.15, 0.2) is 187 Å². The van der Waals surface area contributed by atoms with Gasteiger partial charge in [0.05, 0.1) is 11.2 Å². The summed E-state index contributed by atoms with van der Waals surface area (Å²) in [7, 11) is 0. The molecule has 0 amide bonds. The Hall–Kier alpha value is -6.29. The molecule has 3 heteroatoms. The lowest BCUT2D eigenvalue weighted by Crippen LogP contribution is -2.24. The number of para-hydroxylation sites is 1. The van der Waals surface area contributed by atoms with Gasteiger partial charge in [-0.2, -0.15) is 0 Å². The fourth-order valence-electron chi connectivity index (χ4n) is 8.54. The summed E-state index contributed by atoms with van der Waals surface area (Å²) >= 11 is 1.95. The lowest BCUT2D eigenvalue weighted by molar-refractivity contribution is 0.422. The molecule has 9 aromatic rings. The van der Waals surface area contributed by atoms with E-state index < -0.39 is 0 Å². The molecule has 0 bridgehead atoms. The SMILES string of the molecule is C=C(C)C(Sc1cc2ccccc2c(-c2cccc(-c3ccc4ccccc4c3-c3ccc(-c4nc(-c5ccccc5)nc5ccccc45)cc3)c2)c1C)C(C)(C)C. The van der Waals surface area contributed by atoms with E-state index in [9.17, 15) is 0 Å². The average molecular weight is 767 g/mol. The van der Waals surface area contributed by atoms with Crippen molar-refractivity contribution in [3.8, 4) is 56.0 Å². The summed E-state index contributed by atoms with van der Waals surface area (Å²) < 4.78 is 0. The zero-order chi connectivity index (χ0) is 40.0. The zero-order valence-electron chi connectivity index (χ0n) is 33.8. The van der Waals surface area contributed by atoms with Crippen LogP contribution in [0.25, 0.3) is 88.5 Å². The summed E-state index contributed by atoms with van der Waals surface area (Å²) in [5.41, 5.74) is 13.8. The van der Waals surface area contributed by atoms with Crippen LogP contribution >= 0.6 is 11.8 Å². The molecule has 282 valence electrons. The molecule has 0 saturated heterocycles. The summed E-state index contributed by atoms with van der Waals surface area (Å²) in [6, 6.07) is 61.1. The molecule has 0 aliphatic heterocycles. The second-order valence-electron chi connectivity index (χ2n) is 16.5. The third-order valence-electron chi connectivity index (χ3n) is 11.2. The molecule has 9 rings (SSSR count). The van der Waals surface area contributed by atoms with E-state index in [4.69, 9.17) is 9.97 Å². The third kappa shape index (κ3) is 7.01. The number of fused-ring (bicyclic) bond motifs is 3. The number of nitrogens with zero attached hydrogens (tertiary/aromatic N) is 2. The van der Waals surface area contributed by atoms with Crippen molar-refractivity contribution in [3.05, 3.63) is 188 Å². The first-order chi connectivity index (χ1) is 28.1. The summed E-state index contributed by atoms with van der Waals surface area (Å²) in [6.45, 7) is 15.8. The van der Waals surface area contributed by atoms with Crippen molar-refractivity contribution < 1.29 is 0 Å². The lowest BCUT2D eigenvalue weighted by Gasteiger charge is -2.31. The van der Waals surface area contributed by atoms with Gasteiger partial charge < -0.3 is 0 Å². The van der Waals surface area contributed by atoms with E-state index in [1.807, 2.05) is 36.0 Å². The largest absolute Gasteiger partial charge is 0.228 e. The van der Waals surface area contributed by atoms with E-state index in [2.05, 4.69) is 187 Å². The maximum absolute atomic E-state index is 5.15. The van der Waals surface area contributed by atoms with Gasteiger partial charge in [0.1, 0.15) is 0 Å². The maximum Gasteiger partial charge on any atom is 0.160 e. The van der Waals surface area contributed by atoms with Crippen molar-refractivity contribution in [2.24, 2.45) is 5.41 Å². The van der Waals surface area contributed by atoms with Crippen LogP contribution in [0, 0.1) is 12.3 Å². The molecule has 58 heavy (non-hydrogen) atoms. The van der Waals surface area contributed by atoms with Crippen LogP contribution in [-0.2, 0) is 0 Å². The third-order valence-corrected chi connectivity index (χ3v) is 13.2. The highest BCUT2D eigenvalue weighted by Crippen LogP contribution is 2.46. The average Bonchev–Trinajstić information content (AvgIpc) is 3.24. The number of benzene rings is 8. The molecule has 8 aromatic carbocycles. The Balaban J connectivity index is 1.18. The summed E-state index contributed by atoms with van der Waals surface area (Å²) in [5.74, 6) is 0.728. The van der Waals surface area contributed by atoms with Gasteiger partial charge in [0.15, 0.2) is 5.82 Å². The van der Waals surface area contributed by atoms with Gasteiger partial charge in [0, 0.05) is 26.7 Å². The van der Waals surface area contributed by atoms with Gasteiger partial charge in [-0.15, -0.1) is 11.8 Å². The predicted molar refractivity (Wildman–Crippen MR) is 250 cm³/mol. The Morgan fingerprint density at radius 2 is 1.14 bits per heavy atom. The van der Waals surface area contributed by atoms with Crippen LogP contribution in [0.1, 0.15) is 33.3 Å². The Bertz CT molecular complexity index is 2990. The van der Waals surface area contributed by atoms with E-state index in [0.29, 0.717) is 0 Å². The van der Waals surface area contributed by atoms with E-state index in [1.165, 1.54) is 65.4 Å². The molecular weight excluding hydrogens is 721 g/mol. The van der Waals surface area contributed by atoms with Crippen LogP contribution < -0.4 is 0 Å². The van der Waals surface area contributed by atoms with Gasteiger partial charge in [-0.05, 0) is 98.0 Å². The van der Waals surface area contributed by atoms with Crippen LogP contribution in [0.5, 0.6) is 0 Å². The first-order valence-corrected chi connectivity index (χ1v) is 20.9. The molecule has 0 fully saturated rings. The van der Waals surface area contributed by atoms with Crippen LogP contribution in [0.4, 0.5) is 0 Å². The molecule has 1 unspecified atom stereocenters. The van der Waals surface area contributed by atoms with E-state index in [1.54, 1.807) is 0 Å². The van der Waals surface area contributed by atoms with Crippen molar-refractivity contribution in [3.63, 3.8) is 0 Å². The molecule has 0 saturated carbocycles. The Labute approximate surface area is 346 Å². The first-order valence-electron chi connectivity index (χ1n) is 20.0. The van der Waals surface area contributed by atoms with Gasteiger partial charge in [0.25, 0.3) is 0 Å².